The van der Waals surface area contributed by atoms with Crippen molar-refractivity contribution >= 4 is 21.8 Å². The molecular formula is C20H18F5N3O4S. The van der Waals surface area contributed by atoms with Crippen molar-refractivity contribution in [2.75, 3.05) is 32.7 Å². The van der Waals surface area contributed by atoms with Gasteiger partial charge in [-0.15, -0.1) is 0 Å². The average molecular weight is 491 g/mol. The van der Waals surface area contributed by atoms with Gasteiger partial charge in [0, 0.05) is 32.2 Å². The maximum Gasteiger partial charge on any atom is 0.416 e. The van der Waals surface area contributed by atoms with Crippen LogP contribution in [-0.4, -0.2) is 62.2 Å². The standard InChI is InChI=1S/C20H18F5N3O4S/c21-14-4-5-16(17(22)11-14)19(30)26-12-18(29)27-6-8-28(9-7-27)33(31,32)15-3-1-2-13(10-15)20(23,24)25/h1-5,10-11H,6-9,12H2,(H,26,30). The van der Waals surface area contributed by atoms with Crippen molar-refractivity contribution < 1.29 is 40.0 Å². The molecule has 0 atom stereocenters. The number of rotatable bonds is 5. The molecule has 1 saturated heterocycles. The number of carbonyl (C=O) groups excluding carboxylic acids is 2. The summed E-state index contributed by atoms with van der Waals surface area (Å²) in [6.45, 7) is -0.943. The smallest absolute Gasteiger partial charge is 0.343 e. The largest absolute Gasteiger partial charge is 0.416 e. The number of nitrogens with one attached hydrogen (secondary N) is 1. The molecule has 13 heteroatoms. The van der Waals surface area contributed by atoms with Gasteiger partial charge in [-0.1, -0.05) is 6.07 Å². The summed E-state index contributed by atoms with van der Waals surface area (Å²) < 4.78 is 91.7. The summed E-state index contributed by atoms with van der Waals surface area (Å²) in [5, 5.41) is 2.21. The third kappa shape index (κ3) is 5.66. The second-order valence-corrected chi connectivity index (χ2v) is 9.06. The highest BCUT2D eigenvalue weighted by Gasteiger charge is 2.34. The van der Waals surface area contributed by atoms with Gasteiger partial charge in [-0.2, -0.15) is 17.5 Å². The zero-order chi connectivity index (χ0) is 24.4. The minimum atomic E-state index is -4.70. The molecule has 2 amide bonds. The number of carbonyl (C=O) groups is 2. The monoisotopic (exact) mass is 491 g/mol. The molecule has 1 aliphatic heterocycles. The lowest BCUT2D eigenvalue weighted by Gasteiger charge is -2.34. The van der Waals surface area contributed by atoms with Gasteiger partial charge in [-0.3, -0.25) is 9.59 Å². The number of hydrogen-bond acceptors (Lipinski definition) is 4. The molecule has 1 fully saturated rings. The SMILES string of the molecule is O=C(NCC(=O)N1CCN(S(=O)(=O)c2cccc(C(F)(F)F)c2)CC1)c1ccc(F)cc1F. The number of hydrogen-bond donors (Lipinski definition) is 1. The Morgan fingerprint density at radius 3 is 2.24 bits per heavy atom. The topological polar surface area (TPSA) is 86.8 Å². The molecule has 1 N–H and O–H groups in total. The summed E-state index contributed by atoms with van der Waals surface area (Å²) in [7, 11) is -4.21. The van der Waals surface area contributed by atoms with Crippen molar-refractivity contribution in [3.8, 4) is 0 Å². The summed E-state index contributed by atoms with van der Waals surface area (Å²) >= 11 is 0. The first kappa shape index (κ1) is 24.6. The first-order valence-corrected chi connectivity index (χ1v) is 11.0. The van der Waals surface area contributed by atoms with Gasteiger partial charge in [-0.05, 0) is 30.3 Å². The van der Waals surface area contributed by atoms with E-state index >= 15 is 0 Å². The second-order valence-electron chi connectivity index (χ2n) is 7.12. The Labute approximate surface area is 185 Å². The highest BCUT2D eigenvalue weighted by Crippen LogP contribution is 2.31. The van der Waals surface area contributed by atoms with E-state index in [0.717, 1.165) is 34.6 Å². The van der Waals surface area contributed by atoms with E-state index in [9.17, 15) is 40.0 Å². The van der Waals surface area contributed by atoms with Crippen LogP contribution in [0.3, 0.4) is 0 Å². The lowest BCUT2D eigenvalue weighted by atomic mass is 10.2. The number of sulfonamides is 1. The van der Waals surface area contributed by atoms with E-state index in [-0.39, 0.29) is 26.2 Å². The van der Waals surface area contributed by atoms with Crippen molar-refractivity contribution in [2.45, 2.75) is 11.1 Å². The lowest BCUT2D eigenvalue weighted by molar-refractivity contribution is -0.137. The first-order valence-electron chi connectivity index (χ1n) is 9.58. The number of amides is 2. The molecule has 0 saturated carbocycles. The highest BCUT2D eigenvalue weighted by atomic mass is 32.2. The second kappa shape index (κ2) is 9.43. The van der Waals surface area contributed by atoms with Crippen molar-refractivity contribution in [3.63, 3.8) is 0 Å². The molecule has 3 rings (SSSR count). The van der Waals surface area contributed by atoms with Crippen LogP contribution in [-0.2, 0) is 21.0 Å². The van der Waals surface area contributed by atoms with Crippen molar-refractivity contribution in [1.29, 1.82) is 0 Å². The molecule has 1 aliphatic rings. The molecule has 0 unspecified atom stereocenters. The first-order chi connectivity index (χ1) is 15.4. The molecule has 0 aromatic heterocycles. The van der Waals surface area contributed by atoms with Gasteiger partial charge < -0.3 is 10.2 Å². The van der Waals surface area contributed by atoms with Gasteiger partial charge in [0.15, 0.2) is 0 Å². The Morgan fingerprint density at radius 1 is 0.970 bits per heavy atom. The fourth-order valence-electron chi connectivity index (χ4n) is 3.20. The summed E-state index contributed by atoms with van der Waals surface area (Å²) in [6.07, 6.45) is -4.70. The van der Waals surface area contributed by atoms with E-state index in [1.54, 1.807) is 0 Å². The van der Waals surface area contributed by atoms with Gasteiger partial charge in [-0.25, -0.2) is 17.2 Å². The average Bonchev–Trinajstić information content (AvgIpc) is 2.77. The fourth-order valence-corrected chi connectivity index (χ4v) is 4.66. The Bertz CT molecular complexity index is 1160. The van der Waals surface area contributed by atoms with E-state index in [0.29, 0.717) is 12.1 Å². The predicted octanol–water partition coefficient (Wildman–Crippen LogP) is 2.25. The van der Waals surface area contributed by atoms with E-state index in [4.69, 9.17) is 0 Å². The molecule has 2 aromatic carbocycles. The van der Waals surface area contributed by atoms with E-state index < -0.39 is 62.2 Å². The van der Waals surface area contributed by atoms with Crippen LogP contribution in [0.4, 0.5) is 22.0 Å². The molecule has 2 aromatic rings. The minimum Gasteiger partial charge on any atom is -0.343 e. The van der Waals surface area contributed by atoms with Gasteiger partial charge >= 0.3 is 6.18 Å². The normalized spacial score (nSPS) is 15.4. The molecular weight excluding hydrogens is 473 g/mol. The third-order valence-electron chi connectivity index (χ3n) is 4.97. The number of nitrogens with zero attached hydrogens (tertiary/aromatic N) is 2. The van der Waals surface area contributed by atoms with E-state index in [1.165, 1.54) is 4.90 Å². The molecule has 178 valence electrons. The molecule has 7 nitrogen and oxygen atoms in total. The third-order valence-corrected chi connectivity index (χ3v) is 6.86. The summed E-state index contributed by atoms with van der Waals surface area (Å²) in [6, 6.07) is 5.74. The van der Waals surface area contributed by atoms with E-state index in [2.05, 4.69) is 5.32 Å². The predicted molar refractivity (Wildman–Crippen MR) is 105 cm³/mol. The van der Waals surface area contributed by atoms with Crippen LogP contribution in [0.25, 0.3) is 0 Å². The molecule has 0 bridgehead atoms. The molecule has 0 aliphatic carbocycles. The maximum absolute atomic E-state index is 13.6. The Morgan fingerprint density at radius 2 is 1.64 bits per heavy atom. The molecule has 0 spiro atoms. The van der Waals surface area contributed by atoms with Crippen LogP contribution < -0.4 is 5.32 Å². The van der Waals surface area contributed by atoms with Gasteiger partial charge in [0.2, 0.25) is 15.9 Å². The quantitative estimate of drug-likeness (QED) is 0.651. The summed E-state index contributed by atoms with van der Waals surface area (Å²) in [4.78, 5) is 25.1. The zero-order valence-electron chi connectivity index (χ0n) is 16.9. The van der Waals surface area contributed by atoms with Gasteiger partial charge in [0.1, 0.15) is 11.6 Å². The molecule has 33 heavy (non-hydrogen) atoms. The van der Waals surface area contributed by atoms with Crippen molar-refractivity contribution in [3.05, 3.63) is 65.2 Å². The minimum absolute atomic E-state index is 0.0577. The highest BCUT2D eigenvalue weighted by molar-refractivity contribution is 7.89. The van der Waals surface area contributed by atoms with Crippen LogP contribution in [0.15, 0.2) is 47.4 Å². The van der Waals surface area contributed by atoms with Gasteiger partial charge in [0.25, 0.3) is 5.91 Å². The van der Waals surface area contributed by atoms with Crippen LogP contribution in [0, 0.1) is 11.6 Å². The van der Waals surface area contributed by atoms with Crippen molar-refractivity contribution in [1.82, 2.24) is 14.5 Å². The number of benzene rings is 2. The van der Waals surface area contributed by atoms with Crippen molar-refractivity contribution in [2.24, 2.45) is 0 Å². The zero-order valence-corrected chi connectivity index (χ0v) is 17.7. The number of alkyl halides is 3. The Kier molecular flexibility index (Phi) is 7.03. The Hall–Kier alpha value is -3.06. The summed E-state index contributed by atoms with van der Waals surface area (Å²) in [5.74, 6) is -3.44. The molecule has 0 radical (unpaired) electrons. The Balaban J connectivity index is 1.58. The number of halogens is 5. The number of piperazine rings is 1. The van der Waals surface area contributed by atoms with Gasteiger partial charge in [0.05, 0.1) is 22.6 Å². The summed E-state index contributed by atoms with van der Waals surface area (Å²) in [5.41, 5.74) is -1.54. The van der Waals surface area contributed by atoms with E-state index in [1.807, 2.05) is 0 Å². The fraction of sp³-hybridized carbons (Fsp3) is 0.300. The molecule has 1 heterocycles. The van der Waals surface area contributed by atoms with Crippen LogP contribution in [0.2, 0.25) is 0 Å². The lowest BCUT2D eigenvalue weighted by Crippen LogP contribution is -2.52. The van der Waals surface area contributed by atoms with Crippen LogP contribution in [0.1, 0.15) is 15.9 Å². The van der Waals surface area contributed by atoms with Crippen LogP contribution in [0.5, 0.6) is 0 Å². The maximum atomic E-state index is 13.6. The van der Waals surface area contributed by atoms with Crippen LogP contribution >= 0.6 is 0 Å².